The van der Waals surface area contributed by atoms with Gasteiger partial charge in [-0.05, 0) is 18.6 Å². The van der Waals surface area contributed by atoms with E-state index in [0.29, 0.717) is 17.9 Å². The molecule has 0 bridgehead atoms. The lowest BCUT2D eigenvalue weighted by molar-refractivity contribution is 0.0767. The largest absolute Gasteiger partial charge is 0.395 e. The van der Waals surface area contributed by atoms with Crippen LogP contribution in [0.15, 0.2) is 18.3 Å². The van der Waals surface area contributed by atoms with Crippen molar-refractivity contribution in [1.82, 2.24) is 9.88 Å². The van der Waals surface area contributed by atoms with Crippen LogP contribution in [-0.4, -0.2) is 47.6 Å². The summed E-state index contributed by atoms with van der Waals surface area (Å²) in [5, 5.41) is 11.9. The van der Waals surface area contributed by atoms with E-state index in [4.69, 9.17) is 5.11 Å². The van der Waals surface area contributed by atoms with Crippen molar-refractivity contribution >= 4 is 11.7 Å². The summed E-state index contributed by atoms with van der Waals surface area (Å²) < 4.78 is 0. The molecule has 17 heavy (non-hydrogen) atoms. The molecular formula is C12H19N3O2. The van der Waals surface area contributed by atoms with E-state index in [9.17, 15) is 4.79 Å². The lowest BCUT2D eigenvalue weighted by Gasteiger charge is -2.16. The van der Waals surface area contributed by atoms with Crippen molar-refractivity contribution in [2.45, 2.75) is 13.3 Å². The second-order valence-corrected chi connectivity index (χ2v) is 3.81. The number of pyridine rings is 1. The van der Waals surface area contributed by atoms with Crippen LogP contribution in [-0.2, 0) is 0 Å². The first-order valence-corrected chi connectivity index (χ1v) is 5.75. The predicted octanol–water partition coefficient (Wildman–Crippen LogP) is 0.968. The number of aromatic nitrogens is 1. The number of aliphatic hydroxyl groups excluding tert-OH is 1. The molecule has 0 saturated heterocycles. The van der Waals surface area contributed by atoms with Crippen LogP contribution in [0.3, 0.4) is 0 Å². The summed E-state index contributed by atoms with van der Waals surface area (Å²) in [6, 6.07) is 3.40. The Morgan fingerprint density at radius 3 is 3.00 bits per heavy atom. The molecule has 1 aromatic heterocycles. The number of hydrogen-bond acceptors (Lipinski definition) is 4. The lowest BCUT2D eigenvalue weighted by atomic mass is 10.2. The number of aliphatic hydroxyl groups is 1. The SMILES string of the molecule is CCCNc1cc(C(=O)N(C)CCO)ccn1. The third-order valence-corrected chi connectivity index (χ3v) is 2.35. The summed E-state index contributed by atoms with van der Waals surface area (Å²) in [6.07, 6.45) is 2.61. The molecule has 0 fully saturated rings. The summed E-state index contributed by atoms with van der Waals surface area (Å²) in [5.41, 5.74) is 0.578. The highest BCUT2D eigenvalue weighted by Crippen LogP contribution is 2.09. The summed E-state index contributed by atoms with van der Waals surface area (Å²) in [7, 11) is 1.66. The minimum atomic E-state index is -0.110. The lowest BCUT2D eigenvalue weighted by Crippen LogP contribution is -2.29. The van der Waals surface area contributed by atoms with Crippen LogP contribution in [0.25, 0.3) is 0 Å². The molecule has 0 unspecified atom stereocenters. The minimum Gasteiger partial charge on any atom is -0.395 e. The number of nitrogens with one attached hydrogen (secondary N) is 1. The monoisotopic (exact) mass is 237 g/mol. The number of nitrogens with zero attached hydrogens (tertiary/aromatic N) is 2. The normalized spacial score (nSPS) is 10.1. The van der Waals surface area contributed by atoms with Gasteiger partial charge in [-0.3, -0.25) is 4.79 Å². The van der Waals surface area contributed by atoms with Gasteiger partial charge in [0.15, 0.2) is 0 Å². The molecule has 0 aliphatic carbocycles. The zero-order chi connectivity index (χ0) is 12.7. The topological polar surface area (TPSA) is 65.5 Å². The number of likely N-dealkylation sites (N-methyl/N-ethyl adjacent to an activating group) is 1. The third kappa shape index (κ3) is 4.03. The third-order valence-electron chi connectivity index (χ3n) is 2.35. The average Bonchev–Trinajstić information content (AvgIpc) is 2.36. The zero-order valence-electron chi connectivity index (χ0n) is 10.3. The maximum Gasteiger partial charge on any atom is 0.253 e. The van der Waals surface area contributed by atoms with Crippen molar-refractivity contribution in [2.75, 3.05) is 32.1 Å². The van der Waals surface area contributed by atoms with Crippen LogP contribution in [0.1, 0.15) is 23.7 Å². The quantitative estimate of drug-likeness (QED) is 0.773. The molecule has 0 aromatic carbocycles. The standard InChI is InChI=1S/C12H19N3O2/c1-3-5-13-11-9-10(4-6-14-11)12(17)15(2)7-8-16/h4,6,9,16H,3,5,7-8H2,1-2H3,(H,13,14). The Morgan fingerprint density at radius 1 is 1.59 bits per heavy atom. The number of hydrogen-bond donors (Lipinski definition) is 2. The van der Waals surface area contributed by atoms with Gasteiger partial charge in [-0.2, -0.15) is 0 Å². The van der Waals surface area contributed by atoms with Gasteiger partial charge < -0.3 is 15.3 Å². The van der Waals surface area contributed by atoms with Crippen LogP contribution in [0.2, 0.25) is 0 Å². The van der Waals surface area contributed by atoms with Crippen LogP contribution in [0.4, 0.5) is 5.82 Å². The Kier molecular flexibility index (Phi) is 5.42. The van der Waals surface area contributed by atoms with Gasteiger partial charge in [-0.25, -0.2) is 4.98 Å². The Balaban J connectivity index is 2.73. The molecule has 1 aromatic rings. The molecule has 0 atom stereocenters. The Bertz CT molecular complexity index is 369. The Labute approximate surface area is 101 Å². The molecule has 1 rings (SSSR count). The van der Waals surface area contributed by atoms with Gasteiger partial charge >= 0.3 is 0 Å². The molecule has 0 spiro atoms. The maximum absolute atomic E-state index is 11.9. The summed E-state index contributed by atoms with van der Waals surface area (Å²) in [4.78, 5) is 17.5. The van der Waals surface area contributed by atoms with E-state index in [1.54, 1.807) is 25.4 Å². The minimum absolute atomic E-state index is 0.0335. The molecule has 5 heteroatoms. The van der Waals surface area contributed by atoms with Gasteiger partial charge in [0, 0.05) is 31.9 Å². The van der Waals surface area contributed by atoms with Crippen molar-refractivity contribution in [3.63, 3.8) is 0 Å². The van der Waals surface area contributed by atoms with Crippen molar-refractivity contribution < 1.29 is 9.90 Å². The average molecular weight is 237 g/mol. The van der Waals surface area contributed by atoms with Crippen molar-refractivity contribution in [3.8, 4) is 0 Å². The fourth-order valence-corrected chi connectivity index (χ4v) is 1.39. The van der Waals surface area contributed by atoms with Gasteiger partial charge in [0.25, 0.3) is 5.91 Å². The predicted molar refractivity (Wildman–Crippen MR) is 67.1 cm³/mol. The number of anilines is 1. The van der Waals surface area contributed by atoms with Crippen molar-refractivity contribution in [3.05, 3.63) is 23.9 Å². The van der Waals surface area contributed by atoms with Gasteiger partial charge in [-0.15, -0.1) is 0 Å². The van der Waals surface area contributed by atoms with Crippen LogP contribution in [0, 0.1) is 0 Å². The first kappa shape index (κ1) is 13.4. The Hall–Kier alpha value is -1.62. The molecule has 5 nitrogen and oxygen atoms in total. The molecule has 1 amide bonds. The highest BCUT2D eigenvalue weighted by atomic mass is 16.3. The maximum atomic E-state index is 11.9. The van der Waals surface area contributed by atoms with Gasteiger partial charge in [-0.1, -0.05) is 6.92 Å². The fourth-order valence-electron chi connectivity index (χ4n) is 1.39. The molecule has 0 radical (unpaired) electrons. The van der Waals surface area contributed by atoms with Crippen LogP contribution in [0.5, 0.6) is 0 Å². The summed E-state index contributed by atoms with van der Waals surface area (Å²) in [6.45, 7) is 3.20. The van der Waals surface area contributed by atoms with Gasteiger partial charge in [0.2, 0.25) is 0 Å². The molecule has 2 N–H and O–H groups in total. The zero-order valence-corrected chi connectivity index (χ0v) is 10.3. The van der Waals surface area contributed by atoms with E-state index in [0.717, 1.165) is 13.0 Å². The number of carbonyl (C=O) groups excluding carboxylic acids is 1. The number of rotatable bonds is 6. The van der Waals surface area contributed by atoms with Crippen molar-refractivity contribution in [1.29, 1.82) is 0 Å². The second kappa shape index (κ2) is 6.85. The van der Waals surface area contributed by atoms with E-state index < -0.39 is 0 Å². The van der Waals surface area contributed by atoms with E-state index >= 15 is 0 Å². The summed E-state index contributed by atoms with van der Waals surface area (Å²) >= 11 is 0. The molecule has 1 heterocycles. The van der Waals surface area contributed by atoms with Crippen LogP contribution >= 0.6 is 0 Å². The first-order valence-electron chi connectivity index (χ1n) is 5.75. The molecule has 0 saturated carbocycles. The molecular weight excluding hydrogens is 218 g/mol. The van der Waals surface area contributed by atoms with E-state index in [1.165, 1.54) is 4.90 Å². The second-order valence-electron chi connectivity index (χ2n) is 3.81. The number of carbonyl (C=O) groups is 1. The molecule has 0 aliphatic heterocycles. The summed E-state index contributed by atoms with van der Waals surface area (Å²) in [5.74, 6) is 0.594. The smallest absolute Gasteiger partial charge is 0.253 e. The number of amides is 1. The first-order chi connectivity index (χ1) is 8.19. The highest BCUT2D eigenvalue weighted by Gasteiger charge is 2.11. The van der Waals surface area contributed by atoms with Crippen molar-refractivity contribution in [2.24, 2.45) is 0 Å². The Morgan fingerprint density at radius 2 is 2.35 bits per heavy atom. The highest BCUT2D eigenvalue weighted by molar-refractivity contribution is 5.94. The van der Waals surface area contributed by atoms with E-state index in [1.807, 2.05) is 0 Å². The van der Waals surface area contributed by atoms with Gasteiger partial charge in [0.1, 0.15) is 5.82 Å². The van der Waals surface area contributed by atoms with E-state index in [-0.39, 0.29) is 12.5 Å². The molecule has 0 aliphatic rings. The van der Waals surface area contributed by atoms with E-state index in [2.05, 4.69) is 17.2 Å². The fraction of sp³-hybridized carbons (Fsp3) is 0.500. The molecule has 94 valence electrons. The van der Waals surface area contributed by atoms with Crippen LogP contribution < -0.4 is 5.32 Å². The van der Waals surface area contributed by atoms with Gasteiger partial charge in [0.05, 0.1) is 6.61 Å².